The number of carbonyl (C=O) groups is 1. The van der Waals surface area contributed by atoms with Gasteiger partial charge in [-0.2, -0.15) is 0 Å². The first-order valence-corrected chi connectivity index (χ1v) is 9.84. The molecule has 1 N–H and O–H groups in total. The van der Waals surface area contributed by atoms with Gasteiger partial charge in [-0.3, -0.25) is 0 Å². The average molecular weight is 367 g/mol. The second-order valence-electron chi connectivity index (χ2n) is 7.38. The number of carbonyl (C=O) groups excluding carboxylic acids is 1. The summed E-state index contributed by atoms with van der Waals surface area (Å²) in [4.78, 5) is 16.9. The van der Waals surface area contributed by atoms with Gasteiger partial charge in [-0.15, -0.1) is 0 Å². The van der Waals surface area contributed by atoms with Gasteiger partial charge in [0.05, 0.1) is 0 Å². The van der Waals surface area contributed by atoms with Crippen LogP contribution in [-0.4, -0.2) is 36.6 Å². The van der Waals surface area contributed by atoms with Crippen molar-refractivity contribution in [1.82, 2.24) is 4.90 Å². The van der Waals surface area contributed by atoms with Crippen LogP contribution in [0, 0.1) is 5.82 Å². The Kier molecular flexibility index (Phi) is 5.01. The molecule has 2 amide bonds. The molecule has 1 saturated heterocycles. The number of anilines is 2. The van der Waals surface area contributed by atoms with E-state index in [9.17, 15) is 9.18 Å². The van der Waals surface area contributed by atoms with E-state index in [1.54, 1.807) is 6.07 Å². The van der Waals surface area contributed by atoms with Crippen molar-refractivity contribution in [2.75, 3.05) is 29.9 Å². The SMILES string of the molecule is CCc1ccc(N2CCC(N3CCc4ccccc4NC3=O)CC2)cc1F. The number of urea groups is 1. The zero-order valence-electron chi connectivity index (χ0n) is 15.7. The third kappa shape index (κ3) is 3.64. The van der Waals surface area contributed by atoms with E-state index < -0.39 is 0 Å². The average Bonchev–Trinajstić information content (AvgIpc) is 2.86. The number of rotatable bonds is 3. The number of amides is 2. The number of para-hydroxylation sites is 1. The molecule has 2 aliphatic rings. The van der Waals surface area contributed by atoms with Gasteiger partial charge in [0, 0.05) is 37.1 Å². The third-order valence-electron chi connectivity index (χ3n) is 5.83. The Hall–Kier alpha value is -2.56. The van der Waals surface area contributed by atoms with Crippen LogP contribution in [0.5, 0.6) is 0 Å². The van der Waals surface area contributed by atoms with Gasteiger partial charge in [0.2, 0.25) is 0 Å². The Morgan fingerprint density at radius 1 is 1.11 bits per heavy atom. The van der Waals surface area contributed by atoms with Crippen molar-refractivity contribution >= 4 is 17.4 Å². The number of aryl methyl sites for hydroxylation is 1. The lowest BCUT2D eigenvalue weighted by molar-refractivity contribution is 0.177. The summed E-state index contributed by atoms with van der Waals surface area (Å²) in [5.74, 6) is -0.123. The first kappa shape index (κ1) is 17.8. The minimum Gasteiger partial charge on any atom is -0.371 e. The molecule has 142 valence electrons. The maximum absolute atomic E-state index is 14.1. The quantitative estimate of drug-likeness (QED) is 0.870. The Labute approximate surface area is 160 Å². The minimum absolute atomic E-state index is 0.00302. The number of hydrogen-bond donors (Lipinski definition) is 1. The van der Waals surface area contributed by atoms with Gasteiger partial charge < -0.3 is 15.1 Å². The standard InChI is InChI=1S/C22H26FN3O/c1-2-16-7-8-19(15-20(16)23)25-12-10-18(11-13-25)26-14-9-17-5-3-4-6-21(17)24-22(26)27/h3-8,15,18H,2,9-14H2,1H3,(H,24,27). The summed E-state index contributed by atoms with van der Waals surface area (Å²) in [6, 6.07) is 13.8. The van der Waals surface area contributed by atoms with Crippen molar-refractivity contribution in [2.24, 2.45) is 0 Å². The molecule has 2 aliphatic heterocycles. The maximum atomic E-state index is 14.1. The van der Waals surface area contributed by atoms with Crippen molar-refractivity contribution in [3.05, 3.63) is 59.4 Å². The van der Waals surface area contributed by atoms with Crippen molar-refractivity contribution in [2.45, 2.75) is 38.6 Å². The van der Waals surface area contributed by atoms with E-state index >= 15 is 0 Å². The van der Waals surface area contributed by atoms with Crippen molar-refractivity contribution < 1.29 is 9.18 Å². The monoisotopic (exact) mass is 367 g/mol. The molecule has 4 rings (SSSR count). The smallest absolute Gasteiger partial charge is 0.322 e. The zero-order chi connectivity index (χ0) is 18.8. The normalized spacial score (nSPS) is 18.1. The van der Waals surface area contributed by atoms with E-state index in [0.717, 1.165) is 55.8 Å². The number of nitrogens with one attached hydrogen (secondary N) is 1. The molecule has 27 heavy (non-hydrogen) atoms. The topological polar surface area (TPSA) is 35.6 Å². The molecule has 0 aliphatic carbocycles. The van der Waals surface area contributed by atoms with Crippen LogP contribution in [0.25, 0.3) is 0 Å². The van der Waals surface area contributed by atoms with Crippen molar-refractivity contribution in [1.29, 1.82) is 0 Å². The molecule has 0 radical (unpaired) electrons. The van der Waals surface area contributed by atoms with Gasteiger partial charge in [-0.05, 0) is 55.0 Å². The van der Waals surface area contributed by atoms with Gasteiger partial charge in [-0.1, -0.05) is 31.2 Å². The first-order chi connectivity index (χ1) is 13.2. The molecule has 5 heteroatoms. The molecule has 0 saturated carbocycles. The Morgan fingerprint density at radius 3 is 2.63 bits per heavy atom. The van der Waals surface area contributed by atoms with E-state index in [4.69, 9.17) is 0 Å². The highest BCUT2D eigenvalue weighted by Gasteiger charge is 2.30. The van der Waals surface area contributed by atoms with Crippen LogP contribution in [0.1, 0.15) is 30.9 Å². The van der Waals surface area contributed by atoms with E-state index in [2.05, 4.69) is 16.3 Å². The summed E-state index contributed by atoms with van der Waals surface area (Å²) in [5.41, 5.74) is 3.82. The summed E-state index contributed by atoms with van der Waals surface area (Å²) in [5, 5.41) is 3.06. The van der Waals surface area contributed by atoms with Gasteiger partial charge in [0.25, 0.3) is 0 Å². The lowest BCUT2D eigenvalue weighted by atomic mass is 10.0. The molecule has 4 nitrogen and oxygen atoms in total. The fourth-order valence-electron chi connectivity index (χ4n) is 4.19. The second-order valence-corrected chi connectivity index (χ2v) is 7.38. The lowest BCUT2D eigenvalue weighted by Crippen LogP contribution is -2.48. The molecule has 0 bridgehead atoms. The van der Waals surface area contributed by atoms with Crippen LogP contribution in [0.4, 0.5) is 20.6 Å². The molecule has 0 spiro atoms. The van der Waals surface area contributed by atoms with Crippen molar-refractivity contribution in [3.63, 3.8) is 0 Å². The van der Waals surface area contributed by atoms with Gasteiger partial charge >= 0.3 is 6.03 Å². The van der Waals surface area contributed by atoms with Crippen molar-refractivity contribution in [3.8, 4) is 0 Å². The number of halogens is 1. The molecule has 2 aromatic rings. The molecular formula is C22H26FN3O. The Bertz CT molecular complexity index is 830. The largest absolute Gasteiger partial charge is 0.371 e. The van der Waals surface area contributed by atoms with E-state index in [0.29, 0.717) is 6.42 Å². The fraction of sp³-hybridized carbons (Fsp3) is 0.409. The number of nitrogens with zero attached hydrogens (tertiary/aromatic N) is 2. The number of hydrogen-bond acceptors (Lipinski definition) is 2. The highest BCUT2D eigenvalue weighted by atomic mass is 19.1. The minimum atomic E-state index is -0.123. The second kappa shape index (κ2) is 7.59. The summed E-state index contributed by atoms with van der Waals surface area (Å²) >= 11 is 0. The van der Waals surface area contributed by atoms with Gasteiger partial charge in [0.1, 0.15) is 5.82 Å². The first-order valence-electron chi connectivity index (χ1n) is 9.84. The molecule has 0 aromatic heterocycles. The lowest BCUT2D eigenvalue weighted by Gasteiger charge is -2.39. The van der Waals surface area contributed by atoms with E-state index in [1.807, 2.05) is 42.2 Å². The molecule has 2 aromatic carbocycles. The van der Waals surface area contributed by atoms with Gasteiger partial charge in [-0.25, -0.2) is 9.18 Å². The Morgan fingerprint density at radius 2 is 1.89 bits per heavy atom. The number of fused-ring (bicyclic) bond motifs is 1. The van der Waals surface area contributed by atoms with Crippen LogP contribution in [0.3, 0.4) is 0 Å². The summed E-state index contributed by atoms with van der Waals surface area (Å²) in [6.07, 6.45) is 3.39. The molecule has 1 fully saturated rings. The third-order valence-corrected chi connectivity index (χ3v) is 5.83. The van der Waals surface area contributed by atoms with Crippen LogP contribution in [0.15, 0.2) is 42.5 Å². The summed E-state index contributed by atoms with van der Waals surface area (Å²) in [6.45, 7) is 4.39. The highest BCUT2D eigenvalue weighted by Crippen LogP contribution is 2.27. The molecule has 0 unspecified atom stereocenters. The number of piperidine rings is 1. The Balaban J connectivity index is 1.41. The molecule has 2 heterocycles. The zero-order valence-corrected chi connectivity index (χ0v) is 15.7. The number of benzene rings is 2. The van der Waals surface area contributed by atoms with E-state index in [-0.39, 0.29) is 17.9 Å². The van der Waals surface area contributed by atoms with Crippen LogP contribution >= 0.6 is 0 Å². The molecular weight excluding hydrogens is 341 g/mol. The van der Waals surface area contributed by atoms with Gasteiger partial charge in [0.15, 0.2) is 0 Å². The van der Waals surface area contributed by atoms with Crippen LogP contribution in [-0.2, 0) is 12.8 Å². The maximum Gasteiger partial charge on any atom is 0.322 e. The van der Waals surface area contributed by atoms with Crippen LogP contribution in [0.2, 0.25) is 0 Å². The predicted molar refractivity (Wildman–Crippen MR) is 107 cm³/mol. The fourth-order valence-corrected chi connectivity index (χ4v) is 4.19. The van der Waals surface area contributed by atoms with E-state index in [1.165, 1.54) is 5.56 Å². The van der Waals surface area contributed by atoms with Crippen LogP contribution < -0.4 is 10.2 Å². The summed E-state index contributed by atoms with van der Waals surface area (Å²) < 4.78 is 14.1. The predicted octanol–water partition coefficient (Wildman–Crippen LogP) is 4.45. The molecule has 0 atom stereocenters. The summed E-state index contributed by atoms with van der Waals surface area (Å²) in [7, 11) is 0. The highest BCUT2D eigenvalue weighted by molar-refractivity contribution is 5.91.